The zero-order valence-corrected chi connectivity index (χ0v) is 13.3. The Kier molecular flexibility index (Phi) is 5.81. The van der Waals surface area contributed by atoms with Gasteiger partial charge >= 0.3 is 0 Å². The molecule has 0 aliphatic carbocycles. The van der Waals surface area contributed by atoms with Crippen LogP contribution in [0.5, 0.6) is 0 Å². The number of hydrogen-bond donors (Lipinski definition) is 1. The zero-order chi connectivity index (χ0) is 15.9. The molecule has 1 aromatic rings. The average Bonchev–Trinajstić information content (AvgIpc) is 2.96. The molecular formula is C17H24N2O3. The van der Waals surface area contributed by atoms with Crippen molar-refractivity contribution in [1.82, 2.24) is 10.2 Å². The number of hydrogen-bond acceptors (Lipinski definition) is 3. The van der Waals surface area contributed by atoms with Gasteiger partial charge in [-0.05, 0) is 44.4 Å². The van der Waals surface area contributed by atoms with Crippen molar-refractivity contribution in [3.63, 3.8) is 0 Å². The average molecular weight is 304 g/mol. The van der Waals surface area contributed by atoms with Gasteiger partial charge in [0.2, 0.25) is 11.8 Å². The minimum atomic E-state index is -0.0940. The molecule has 22 heavy (non-hydrogen) atoms. The van der Waals surface area contributed by atoms with Crippen molar-refractivity contribution in [3.05, 3.63) is 29.7 Å². The number of nitrogens with one attached hydrogen (secondary N) is 1. The maximum Gasteiger partial charge on any atom is 0.246 e. The van der Waals surface area contributed by atoms with Crippen molar-refractivity contribution in [2.45, 2.75) is 33.1 Å². The Bertz CT molecular complexity index is 548. The maximum absolute atomic E-state index is 12.2. The van der Waals surface area contributed by atoms with Crippen LogP contribution in [0, 0.1) is 12.8 Å². The van der Waals surface area contributed by atoms with Gasteiger partial charge in [-0.25, -0.2) is 0 Å². The molecule has 1 aliphatic heterocycles. The first-order valence-corrected chi connectivity index (χ1v) is 7.91. The summed E-state index contributed by atoms with van der Waals surface area (Å²) in [5, 5.41) is 2.91. The van der Waals surface area contributed by atoms with Gasteiger partial charge in [0, 0.05) is 25.7 Å². The van der Waals surface area contributed by atoms with Crippen molar-refractivity contribution in [1.29, 1.82) is 0 Å². The number of furan rings is 1. The number of aryl methyl sites for hydroxylation is 1. The van der Waals surface area contributed by atoms with E-state index in [0.29, 0.717) is 25.4 Å². The molecule has 1 aromatic heterocycles. The number of piperidine rings is 1. The minimum absolute atomic E-state index is 0.0602. The number of amides is 2. The monoisotopic (exact) mass is 304 g/mol. The highest BCUT2D eigenvalue weighted by Gasteiger charge is 2.27. The summed E-state index contributed by atoms with van der Waals surface area (Å²) in [5.74, 6) is 1.38. The van der Waals surface area contributed by atoms with Crippen LogP contribution in [0.2, 0.25) is 0 Å². The molecule has 1 aliphatic rings. The summed E-state index contributed by atoms with van der Waals surface area (Å²) in [5.41, 5.74) is 0. The van der Waals surface area contributed by atoms with E-state index in [1.165, 1.54) is 6.08 Å². The largest absolute Gasteiger partial charge is 0.462 e. The second-order valence-electron chi connectivity index (χ2n) is 5.70. The maximum atomic E-state index is 12.2. The quantitative estimate of drug-likeness (QED) is 0.849. The van der Waals surface area contributed by atoms with E-state index in [1.54, 1.807) is 11.0 Å². The Labute approximate surface area is 131 Å². The summed E-state index contributed by atoms with van der Waals surface area (Å²) in [4.78, 5) is 26.0. The van der Waals surface area contributed by atoms with Gasteiger partial charge in [-0.1, -0.05) is 6.92 Å². The Morgan fingerprint density at radius 1 is 1.45 bits per heavy atom. The van der Waals surface area contributed by atoms with E-state index in [1.807, 2.05) is 26.0 Å². The van der Waals surface area contributed by atoms with Crippen LogP contribution in [0.1, 0.15) is 37.7 Å². The van der Waals surface area contributed by atoms with Crippen LogP contribution in [0.4, 0.5) is 0 Å². The molecule has 1 fully saturated rings. The van der Waals surface area contributed by atoms with Crippen LogP contribution < -0.4 is 5.32 Å². The smallest absolute Gasteiger partial charge is 0.246 e. The van der Waals surface area contributed by atoms with Crippen molar-refractivity contribution in [2.75, 3.05) is 19.6 Å². The summed E-state index contributed by atoms with van der Waals surface area (Å²) >= 11 is 0. The van der Waals surface area contributed by atoms with E-state index >= 15 is 0 Å². The molecule has 2 rings (SSSR count). The lowest BCUT2D eigenvalue weighted by Crippen LogP contribution is -2.45. The molecule has 0 saturated carbocycles. The van der Waals surface area contributed by atoms with Crippen LogP contribution in [0.3, 0.4) is 0 Å². The van der Waals surface area contributed by atoms with Gasteiger partial charge in [0.15, 0.2) is 0 Å². The molecule has 120 valence electrons. The predicted octanol–water partition coefficient (Wildman–Crippen LogP) is 2.37. The molecule has 0 bridgehead atoms. The molecule has 1 unspecified atom stereocenters. The molecule has 0 spiro atoms. The molecule has 0 radical (unpaired) electrons. The van der Waals surface area contributed by atoms with Gasteiger partial charge < -0.3 is 14.6 Å². The molecule has 2 heterocycles. The lowest BCUT2D eigenvalue weighted by atomic mass is 9.97. The Morgan fingerprint density at radius 2 is 2.27 bits per heavy atom. The minimum Gasteiger partial charge on any atom is -0.462 e. The zero-order valence-electron chi connectivity index (χ0n) is 13.3. The summed E-state index contributed by atoms with van der Waals surface area (Å²) in [7, 11) is 0. The topological polar surface area (TPSA) is 62.6 Å². The van der Waals surface area contributed by atoms with E-state index < -0.39 is 0 Å². The summed E-state index contributed by atoms with van der Waals surface area (Å²) in [6, 6.07) is 3.69. The third kappa shape index (κ3) is 4.48. The van der Waals surface area contributed by atoms with Gasteiger partial charge in [-0.2, -0.15) is 0 Å². The van der Waals surface area contributed by atoms with Crippen LogP contribution in [0.15, 0.2) is 22.6 Å². The highest BCUT2D eigenvalue weighted by atomic mass is 16.3. The van der Waals surface area contributed by atoms with Gasteiger partial charge in [-0.15, -0.1) is 0 Å². The number of carbonyl (C=O) groups is 2. The van der Waals surface area contributed by atoms with Crippen LogP contribution in [0.25, 0.3) is 6.08 Å². The summed E-state index contributed by atoms with van der Waals surface area (Å²) < 4.78 is 5.40. The number of rotatable bonds is 5. The highest BCUT2D eigenvalue weighted by Crippen LogP contribution is 2.17. The van der Waals surface area contributed by atoms with Crippen LogP contribution in [-0.4, -0.2) is 36.3 Å². The highest BCUT2D eigenvalue weighted by molar-refractivity contribution is 5.92. The number of carbonyl (C=O) groups excluding carboxylic acids is 2. The molecule has 5 heteroatoms. The number of likely N-dealkylation sites (tertiary alicyclic amines) is 1. The van der Waals surface area contributed by atoms with E-state index in [4.69, 9.17) is 4.42 Å². The van der Waals surface area contributed by atoms with Gasteiger partial charge in [-0.3, -0.25) is 9.59 Å². The normalized spacial score (nSPS) is 18.6. The Balaban J connectivity index is 1.89. The Hall–Kier alpha value is -2.04. The molecule has 5 nitrogen and oxygen atoms in total. The third-order valence-electron chi connectivity index (χ3n) is 3.80. The van der Waals surface area contributed by atoms with Crippen molar-refractivity contribution in [2.24, 2.45) is 5.92 Å². The summed E-state index contributed by atoms with van der Waals surface area (Å²) in [6.07, 6.45) is 5.83. The van der Waals surface area contributed by atoms with Crippen LogP contribution in [-0.2, 0) is 9.59 Å². The van der Waals surface area contributed by atoms with Gasteiger partial charge in [0.25, 0.3) is 0 Å². The Morgan fingerprint density at radius 3 is 2.95 bits per heavy atom. The second-order valence-corrected chi connectivity index (χ2v) is 5.70. The fourth-order valence-corrected chi connectivity index (χ4v) is 2.59. The fourth-order valence-electron chi connectivity index (χ4n) is 2.59. The predicted molar refractivity (Wildman–Crippen MR) is 85.1 cm³/mol. The molecule has 1 saturated heterocycles. The van der Waals surface area contributed by atoms with E-state index in [2.05, 4.69) is 5.32 Å². The van der Waals surface area contributed by atoms with E-state index in [0.717, 1.165) is 25.0 Å². The molecule has 1 atom stereocenters. The van der Waals surface area contributed by atoms with Crippen molar-refractivity contribution >= 4 is 17.9 Å². The first-order valence-electron chi connectivity index (χ1n) is 7.91. The van der Waals surface area contributed by atoms with Gasteiger partial charge in [0.1, 0.15) is 11.5 Å². The molecular weight excluding hydrogens is 280 g/mol. The SMILES string of the molecule is CCCNC(=O)C1CCCN(C(=O)/C=C/c2ccc(C)o2)C1. The van der Waals surface area contributed by atoms with E-state index in [9.17, 15) is 9.59 Å². The number of nitrogens with zero attached hydrogens (tertiary/aromatic N) is 1. The first kappa shape index (κ1) is 16.3. The van der Waals surface area contributed by atoms with Crippen molar-refractivity contribution in [3.8, 4) is 0 Å². The standard InChI is InChI=1S/C17H24N2O3/c1-3-10-18-17(21)14-5-4-11-19(12-14)16(20)9-8-15-7-6-13(2)22-15/h6-9,14H,3-5,10-12H2,1-2H3,(H,18,21)/b9-8+. The van der Waals surface area contributed by atoms with Crippen molar-refractivity contribution < 1.29 is 14.0 Å². The molecule has 1 N–H and O–H groups in total. The van der Waals surface area contributed by atoms with Gasteiger partial charge in [0.05, 0.1) is 5.92 Å². The lowest BCUT2D eigenvalue weighted by molar-refractivity contribution is -0.132. The van der Waals surface area contributed by atoms with Crippen LogP contribution >= 0.6 is 0 Å². The summed E-state index contributed by atoms with van der Waals surface area (Å²) in [6.45, 7) is 5.79. The molecule has 0 aromatic carbocycles. The fraction of sp³-hybridized carbons (Fsp3) is 0.529. The third-order valence-corrected chi connectivity index (χ3v) is 3.80. The molecule has 2 amide bonds. The lowest BCUT2D eigenvalue weighted by Gasteiger charge is -2.31. The van der Waals surface area contributed by atoms with E-state index in [-0.39, 0.29) is 17.7 Å². The second kappa shape index (κ2) is 7.82. The first-order chi connectivity index (χ1) is 10.6.